The van der Waals surface area contributed by atoms with Crippen molar-refractivity contribution in [2.75, 3.05) is 26.2 Å². The van der Waals surface area contributed by atoms with Gasteiger partial charge in [-0.25, -0.2) is 8.78 Å². The van der Waals surface area contributed by atoms with E-state index in [0.29, 0.717) is 24.4 Å². The van der Waals surface area contributed by atoms with Crippen molar-refractivity contribution in [3.63, 3.8) is 0 Å². The van der Waals surface area contributed by atoms with Crippen molar-refractivity contribution in [1.82, 2.24) is 20.0 Å². The number of aromatic nitrogens is 2. The lowest BCUT2D eigenvalue weighted by Gasteiger charge is -2.21. The summed E-state index contributed by atoms with van der Waals surface area (Å²) in [4.78, 5) is 6.84. The topological polar surface area (TPSA) is 45.5 Å². The van der Waals surface area contributed by atoms with Crippen LogP contribution in [0.3, 0.4) is 0 Å². The third-order valence-electron chi connectivity index (χ3n) is 4.67. The van der Waals surface area contributed by atoms with Crippen LogP contribution >= 0.6 is 24.0 Å². The van der Waals surface area contributed by atoms with E-state index in [-0.39, 0.29) is 29.8 Å². The van der Waals surface area contributed by atoms with Gasteiger partial charge in [0.15, 0.2) is 5.96 Å². The zero-order valence-corrected chi connectivity index (χ0v) is 18.0. The number of benzene rings is 1. The third-order valence-corrected chi connectivity index (χ3v) is 4.67. The van der Waals surface area contributed by atoms with Crippen molar-refractivity contribution in [3.8, 4) is 0 Å². The van der Waals surface area contributed by atoms with Gasteiger partial charge in [-0.3, -0.25) is 9.67 Å². The Kier molecular flexibility index (Phi) is 8.00. The number of hydrogen-bond acceptors (Lipinski definition) is 2. The molecule has 27 heavy (non-hydrogen) atoms. The summed E-state index contributed by atoms with van der Waals surface area (Å²) in [6, 6.07) is 3.54. The van der Waals surface area contributed by atoms with E-state index in [0.717, 1.165) is 38.1 Å². The molecule has 1 aliphatic rings. The molecule has 0 radical (unpaired) electrons. The first kappa shape index (κ1) is 21.6. The molecule has 0 saturated carbocycles. The molecule has 1 unspecified atom stereocenters. The number of likely N-dealkylation sites (tertiary alicyclic amines) is 1. The van der Waals surface area contributed by atoms with Crippen molar-refractivity contribution < 1.29 is 8.78 Å². The highest BCUT2D eigenvalue weighted by atomic mass is 127. The molecule has 1 N–H and O–H groups in total. The minimum absolute atomic E-state index is 0. The average molecular weight is 489 g/mol. The minimum Gasteiger partial charge on any atom is -0.357 e. The van der Waals surface area contributed by atoms with Crippen molar-refractivity contribution in [2.24, 2.45) is 12.0 Å². The number of rotatable bonds is 5. The Bertz CT molecular complexity index is 777. The molecule has 1 aromatic heterocycles. The van der Waals surface area contributed by atoms with Gasteiger partial charge in [-0.15, -0.1) is 24.0 Å². The van der Waals surface area contributed by atoms with Crippen molar-refractivity contribution in [1.29, 1.82) is 0 Å². The second-order valence-corrected chi connectivity index (χ2v) is 6.60. The minimum atomic E-state index is -0.420. The van der Waals surface area contributed by atoms with Gasteiger partial charge in [0.05, 0.1) is 6.20 Å². The van der Waals surface area contributed by atoms with Crippen LogP contribution in [-0.2, 0) is 13.5 Å². The van der Waals surface area contributed by atoms with Crippen molar-refractivity contribution in [3.05, 3.63) is 53.4 Å². The Balaban J connectivity index is 0.00000261. The first-order valence-corrected chi connectivity index (χ1v) is 9.02. The lowest BCUT2D eigenvalue weighted by Crippen LogP contribution is -2.40. The Hall–Kier alpha value is -1.71. The van der Waals surface area contributed by atoms with Crippen molar-refractivity contribution in [2.45, 2.75) is 25.7 Å². The van der Waals surface area contributed by atoms with Crippen LogP contribution in [0.25, 0.3) is 0 Å². The molecule has 5 nitrogen and oxygen atoms in total. The zero-order valence-electron chi connectivity index (χ0n) is 15.7. The molecule has 0 spiro atoms. The fraction of sp³-hybridized carbons (Fsp3) is 0.474. The van der Waals surface area contributed by atoms with Gasteiger partial charge in [0.25, 0.3) is 0 Å². The van der Waals surface area contributed by atoms with Crippen LogP contribution < -0.4 is 5.32 Å². The van der Waals surface area contributed by atoms with Gasteiger partial charge in [-0.2, -0.15) is 5.10 Å². The quantitative estimate of drug-likeness (QED) is 0.399. The van der Waals surface area contributed by atoms with E-state index in [2.05, 4.69) is 26.5 Å². The summed E-state index contributed by atoms with van der Waals surface area (Å²) in [5.41, 5.74) is 1.60. The van der Waals surface area contributed by atoms with Gasteiger partial charge in [0.2, 0.25) is 0 Å². The molecule has 3 rings (SSSR count). The summed E-state index contributed by atoms with van der Waals surface area (Å²) < 4.78 is 28.8. The molecular weight excluding hydrogens is 463 g/mol. The van der Waals surface area contributed by atoms with Crippen LogP contribution in [0.4, 0.5) is 8.78 Å². The van der Waals surface area contributed by atoms with Crippen LogP contribution in [0, 0.1) is 11.6 Å². The Morgan fingerprint density at radius 1 is 1.37 bits per heavy atom. The monoisotopic (exact) mass is 489 g/mol. The van der Waals surface area contributed by atoms with Gasteiger partial charge in [0.1, 0.15) is 11.6 Å². The predicted octanol–water partition coefficient (Wildman–Crippen LogP) is 3.31. The maximum absolute atomic E-state index is 13.7. The Labute approximate surface area is 175 Å². The fourth-order valence-corrected chi connectivity index (χ4v) is 3.32. The zero-order chi connectivity index (χ0) is 18.5. The maximum Gasteiger partial charge on any atom is 0.193 e. The molecule has 2 aromatic rings. The number of nitrogens with zero attached hydrogens (tertiary/aromatic N) is 4. The lowest BCUT2D eigenvalue weighted by molar-refractivity contribution is 0.486. The van der Waals surface area contributed by atoms with Gasteiger partial charge >= 0.3 is 0 Å². The van der Waals surface area contributed by atoms with Gasteiger partial charge in [-0.1, -0.05) is 0 Å². The molecule has 1 atom stereocenters. The number of halogens is 3. The van der Waals surface area contributed by atoms with Crippen LogP contribution in [0.2, 0.25) is 0 Å². The normalized spacial score (nSPS) is 17.1. The van der Waals surface area contributed by atoms with Crippen LogP contribution in [0.1, 0.15) is 30.4 Å². The van der Waals surface area contributed by atoms with Gasteiger partial charge in [-0.05, 0) is 49.1 Å². The second kappa shape index (κ2) is 10.0. The smallest absolute Gasteiger partial charge is 0.193 e. The molecule has 1 fully saturated rings. The average Bonchev–Trinajstić information content (AvgIpc) is 3.26. The van der Waals surface area contributed by atoms with E-state index in [9.17, 15) is 8.78 Å². The molecule has 2 heterocycles. The number of nitrogens with one attached hydrogen (secondary N) is 1. The summed E-state index contributed by atoms with van der Waals surface area (Å²) in [5, 5.41) is 7.55. The van der Waals surface area contributed by atoms with Gasteiger partial charge < -0.3 is 10.2 Å². The predicted molar refractivity (Wildman–Crippen MR) is 114 cm³/mol. The van der Waals surface area contributed by atoms with Gasteiger partial charge in [0, 0.05) is 45.3 Å². The SMILES string of the molecule is CCNC(=NCCc1cc(F)ccc1F)N1CCC(c2cnn(C)c2)C1.I. The summed E-state index contributed by atoms with van der Waals surface area (Å²) in [5.74, 6) is 0.462. The van der Waals surface area contributed by atoms with Crippen LogP contribution in [-0.4, -0.2) is 46.8 Å². The first-order chi connectivity index (χ1) is 12.6. The highest BCUT2D eigenvalue weighted by Crippen LogP contribution is 2.26. The molecule has 0 bridgehead atoms. The van der Waals surface area contributed by atoms with E-state index in [1.165, 1.54) is 17.7 Å². The second-order valence-electron chi connectivity index (χ2n) is 6.60. The molecule has 1 saturated heterocycles. The molecule has 0 amide bonds. The van der Waals surface area contributed by atoms with E-state index < -0.39 is 5.82 Å². The van der Waals surface area contributed by atoms with Crippen LogP contribution in [0.5, 0.6) is 0 Å². The molecule has 1 aliphatic heterocycles. The van der Waals surface area contributed by atoms with Crippen molar-refractivity contribution >= 4 is 29.9 Å². The molecule has 8 heteroatoms. The van der Waals surface area contributed by atoms with E-state index in [1.807, 2.05) is 24.9 Å². The van der Waals surface area contributed by atoms with E-state index in [1.54, 1.807) is 0 Å². The fourth-order valence-electron chi connectivity index (χ4n) is 3.32. The molecular formula is C19H26F2IN5. The maximum atomic E-state index is 13.7. The van der Waals surface area contributed by atoms with Crippen LogP contribution in [0.15, 0.2) is 35.6 Å². The summed E-state index contributed by atoms with van der Waals surface area (Å²) in [7, 11) is 1.92. The molecule has 148 valence electrons. The standard InChI is InChI=1S/C19H25F2N5.HI/c1-3-22-19(23-8-6-14-10-17(20)4-5-18(14)21)26-9-7-15(13-26)16-11-24-25(2)12-16;/h4-5,10-12,15H,3,6-9,13H2,1-2H3,(H,22,23);1H. The third kappa shape index (κ3) is 5.63. The summed E-state index contributed by atoms with van der Waals surface area (Å²) in [6.07, 6.45) is 5.41. The summed E-state index contributed by atoms with van der Waals surface area (Å²) >= 11 is 0. The largest absolute Gasteiger partial charge is 0.357 e. The highest BCUT2D eigenvalue weighted by molar-refractivity contribution is 14.0. The van der Waals surface area contributed by atoms with E-state index in [4.69, 9.17) is 0 Å². The molecule has 0 aliphatic carbocycles. The van der Waals surface area contributed by atoms with E-state index >= 15 is 0 Å². The Morgan fingerprint density at radius 3 is 2.89 bits per heavy atom. The first-order valence-electron chi connectivity index (χ1n) is 9.02. The summed E-state index contributed by atoms with van der Waals surface area (Å²) in [6.45, 7) is 5.00. The lowest BCUT2D eigenvalue weighted by atomic mass is 10.0. The highest BCUT2D eigenvalue weighted by Gasteiger charge is 2.26. The Morgan fingerprint density at radius 2 is 2.19 bits per heavy atom. The number of hydrogen-bond donors (Lipinski definition) is 1. The number of aryl methyl sites for hydroxylation is 1. The number of aliphatic imine (C=N–C) groups is 1. The number of guanidine groups is 1. The molecule has 1 aromatic carbocycles.